The van der Waals surface area contributed by atoms with E-state index in [1.165, 1.54) is 11.1 Å². The first kappa shape index (κ1) is 13.3. The SMILES string of the molecule is CC(=O)NC(C)C(c1ccccc1)c1ccccc1. The zero-order valence-electron chi connectivity index (χ0n) is 11.3. The molecule has 0 aliphatic carbocycles. The molecule has 0 saturated carbocycles. The fourth-order valence-electron chi connectivity index (χ4n) is 2.49. The lowest BCUT2D eigenvalue weighted by Crippen LogP contribution is -2.36. The number of carbonyl (C=O) groups excluding carboxylic acids is 1. The summed E-state index contributed by atoms with van der Waals surface area (Å²) in [5.74, 6) is 0.177. The van der Waals surface area contributed by atoms with E-state index in [0.717, 1.165) is 0 Å². The first-order chi connectivity index (χ1) is 9.18. The van der Waals surface area contributed by atoms with Crippen molar-refractivity contribution in [3.8, 4) is 0 Å². The number of amides is 1. The maximum absolute atomic E-state index is 11.3. The van der Waals surface area contributed by atoms with E-state index in [1.54, 1.807) is 6.92 Å². The Morgan fingerprint density at radius 2 is 1.32 bits per heavy atom. The molecule has 1 atom stereocenters. The van der Waals surface area contributed by atoms with Crippen LogP contribution in [0.5, 0.6) is 0 Å². The fraction of sp³-hybridized carbons (Fsp3) is 0.235. The van der Waals surface area contributed by atoms with E-state index in [2.05, 4.69) is 29.6 Å². The summed E-state index contributed by atoms with van der Waals surface area (Å²) >= 11 is 0. The second kappa shape index (κ2) is 6.19. The number of hydrogen-bond acceptors (Lipinski definition) is 1. The highest BCUT2D eigenvalue weighted by atomic mass is 16.1. The van der Waals surface area contributed by atoms with Crippen LogP contribution in [-0.4, -0.2) is 11.9 Å². The molecule has 0 aliphatic heterocycles. The van der Waals surface area contributed by atoms with Gasteiger partial charge in [-0.2, -0.15) is 0 Å². The summed E-state index contributed by atoms with van der Waals surface area (Å²) in [5.41, 5.74) is 2.44. The lowest BCUT2D eigenvalue weighted by molar-refractivity contribution is -0.119. The third-order valence-corrected chi connectivity index (χ3v) is 3.25. The van der Waals surface area contributed by atoms with Gasteiger partial charge in [0, 0.05) is 18.9 Å². The van der Waals surface area contributed by atoms with E-state index < -0.39 is 0 Å². The Morgan fingerprint density at radius 3 is 1.68 bits per heavy atom. The van der Waals surface area contributed by atoms with Gasteiger partial charge in [-0.3, -0.25) is 4.79 Å². The maximum Gasteiger partial charge on any atom is 0.217 e. The van der Waals surface area contributed by atoms with Gasteiger partial charge in [-0.1, -0.05) is 60.7 Å². The Labute approximate surface area is 114 Å². The van der Waals surface area contributed by atoms with Crippen LogP contribution in [0.4, 0.5) is 0 Å². The van der Waals surface area contributed by atoms with Crippen LogP contribution in [0.2, 0.25) is 0 Å². The van der Waals surface area contributed by atoms with Gasteiger partial charge in [0.15, 0.2) is 0 Å². The third kappa shape index (κ3) is 3.44. The molecule has 1 unspecified atom stereocenters. The van der Waals surface area contributed by atoms with Crippen molar-refractivity contribution in [2.75, 3.05) is 0 Å². The molecule has 0 radical (unpaired) electrons. The zero-order chi connectivity index (χ0) is 13.7. The van der Waals surface area contributed by atoms with Crippen molar-refractivity contribution in [2.24, 2.45) is 0 Å². The smallest absolute Gasteiger partial charge is 0.217 e. The molecule has 1 N–H and O–H groups in total. The maximum atomic E-state index is 11.3. The van der Waals surface area contributed by atoms with Crippen molar-refractivity contribution in [2.45, 2.75) is 25.8 Å². The standard InChI is InChI=1S/C17H19NO/c1-13(18-14(2)19)17(15-9-5-3-6-10-15)16-11-7-4-8-12-16/h3-13,17H,1-2H3,(H,18,19). The van der Waals surface area contributed by atoms with E-state index in [4.69, 9.17) is 0 Å². The third-order valence-electron chi connectivity index (χ3n) is 3.25. The van der Waals surface area contributed by atoms with Crippen LogP contribution in [0, 0.1) is 0 Å². The number of hydrogen-bond donors (Lipinski definition) is 1. The van der Waals surface area contributed by atoms with Crippen molar-refractivity contribution >= 4 is 5.91 Å². The van der Waals surface area contributed by atoms with E-state index in [0.29, 0.717) is 0 Å². The topological polar surface area (TPSA) is 29.1 Å². The highest BCUT2D eigenvalue weighted by molar-refractivity contribution is 5.73. The van der Waals surface area contributed by atoms with Crippen LogP contribution in [0.1, 0.15) is 30.9 Å². The second-order valence-corrected chi connectivity index (χ2v) is 4.79. The van der Waals surface area contributed by atoms with Gasteiger partial charge in [-0.15, -0.1) is 0 Å². The predicted molar refractivity (Wildman–Crippen MR) is 78.0 cm³/mol. The molecule has 0 aliphatic rings. The van der Waals surface area contributed by atoms with Crippen molar-refractivity contribution in [1.82, 2.24) is 5.32 Å². The second-order valence-electron chi connectivity index (χ2n) is 4.79. The summed E-state index contributed by atoms with van der Waals surface area (Å²) in [6, 6.07) is 20.6. The zero-order valence-corrected chi connectivity index (χ0v) is 11.3. The van der Waals surface area contributed by atoms with Gasteiger partial charge in [0.1, 0.15) is 0 Å². The average Bonchev–Trinajstić information content (AvgIpc) is 2.40. The van der Waals surface area contributed by atoms with Crippen LogP contribution >= 0.6 is 0 Å². The predicted octanol–water partition coefficient (Wildman–Crippen LogP) is 3.34. The molecule has 1 amide bonds. The van der Waals surface area contributed by atoms with Crippen molar-refractivity contribution < 1.29 is 4.79 Å². The molecule has 98 valence electrons. The quantitative estimate of drug-likeness (QED) is 0.889. The Bertz CT molecular complexity index is 482. The van der Waals surface area contributed by atoms with E-state index in [9.17, 15) is 4.79 Å². The van der Waals surface area contributed by atoms with Gasteiger partial charge in [0.2, 0.25) is 5.91 Å². The van der Waals surface area contributed by atoms with Crippen LogP contribution in [0.15, 0.2) is 60.7 Å². The van der Waals surface area contributed by atoms with Gasteiger partial charge in [0.05, 0.1) is 0 Å². The Morgan fingerprint density at radius 1 is 0.895 bits per heavy atom. The number of nitrogens with one attached hydrogen (secondary N) is 1. The lowest BCUT2D eigenvalue weighted by atomic mass is 9.86. The van der Waals surface area contributed by atoms with Crippen molar-refractivity contribution in [1.29, 1.82) is 0 Å². The first-order valence-corrected chi connectivity index (χ1v) is 6.55. The van der Waals surface area contributed by atoms with Crippen LogP contribution < -0.4 is 5.32 Å². The van der Waals surface area contributed by atoms with E-state index >= 15 is 0 Å². The fourth-order valence-corrected chi connectivity index (χ4v) is 2.49. The molecule has 0 aromatic heterocycles. The summed E-state index contributed by atoms with van der Waals surface area (Å²) in [4.78, 5) is 11.3. The summed E-state index contributed by atoms with van der Waals surface area (Å²) < 4.78 is 0. The molecule has 2 rings (SSSR count). The van der Waals surface area contributed by atoms with Gasteiger partial charge in [-0.25, -0.2) is 0 Å². The summed E-state index contributed by atoms with van der Waals surface area (Å²) in [6.07, 6.45) is 0. The molecule has 19 heavy (non-hydrogen) atoms. The van der Waals surface area contributed by atoms with Gasteiger partial charge < -0.3 is 5.32 Å². The molecule has 2 heteroatoms. The summed E-state index contributed by atoms with van der Waals surface area (Å²) in [7, 11) is 0. The normalized spacial score (nSPS) is 12.2. The summed E-state index contributed by atoms with van der Waals surface area (Å²) in [5, 5.41) is 3.00. The molecule has 0 spiro atoms. The van der Waals surface area contributed by atoms with Crippen LogP contribution in [-0.2, 0) is 4.79 Å². The molecule has 0 fully saturated rings. The van der Waals surface area contributed by atoms with Gasteiger partial charge >= 0.3 is 0 Å². The number of rotatable bonds is 4. The van der Waals surface area contributed by atoms with Crippen molar-refractivity contribution in [3.05, 3.63) is 71.8 Å². The molecule has 2 aromatic rings. The minimum Gasteiger partial charge on any atom is -0.353 e. The Hall–Kier alpha value is -2.09. The van der Waals surface area contributed by atoms with Gasteiger partial charge in [0.25, 0.3) is 0 Å². The molecule has 0 heterocycles. The number of carbonyl (C=O) groups is 1. The van der Waals surface area contributed by atoms with Crippen molar-refractivity contribution in [3.63, 3.8) is 0 Å². The van der Waals surface area contributed by atoms with Crippen LogP contribution in [0.3, 0.4) is 0 Å². The van der Waals surface area contributed by atoms with Crippen LogP contribution in [0.25, 0.3) is 0 Å². The molecule has 0 saturated heterocycles. The molecular formula is C17H19NO. The Balaban J connectivity index is 2.37. The molecule has 2 nitrogen and oxygen atoms in total. The summed E-state index contributed by atoms with van der Waals surface area (Å²) in [6.45, 7) is 3.61. The largest absolute Gasteiger partial charge is 0.353 e. The number of benzene rings is 2. The lowest BCUT2D eigenvalue weighted by Gasteiger charge is -2.25. The average molecular weight is 253 g/mol. The molecular weight excluding hydrogens is 234 g/mol. The minimum absolute atomic E-state index is 0.00404. The molecule has 2 aromatic carbocycles. The first-order valence-electron chi connectivity index (χ1n) is 6.55. The molecule has 0 bridgehead atoms. The minimum atomic E-state index is 0.00404. The highest BCUT2D eigenvalue weighted by Gasteiger charge is 2.21. The highest BCUT2D eigenvalue weighted by Crippen LogP contribution is 2.27. The monoisotopic (exact) mass is 253 g/mol. The van der Waals surface area contributed by atoms with E-state index in [1.807, 2.05) is 43.3 Å². The Kier molecular flexibility index (Phi) is 4.35. The van der Waals surface area contributed by atoms with E-state index in [-0.39, 0.29) is 17.9 Å². The van der Waals surface area contributed by atoms with Gasteiger partial charge in [-0.05, 0) is 18.1 Å².